The molecule has 136 valence electrons. The third-order valence-corrected chi connectivity index (χ3v) is 4.28. The monoisotopic (exact) mass is 355 g/mol. The van der Waals surface area contributed by atoms with Crippen LogP contribution in [-0.4, -0.2) is 31.8 Å². The maximum atomic E-state index is 12.0. The Morgan fingerprint density at radius 1 is 1.19 bits per heavy atom. The Labute approximate surface area is 152 Å². The molecule has 6 heteroatoms. The average Bonchev–Trinajstić information content (AvgIpc) is 2.67. The lowest BCUT2D eigenvalue weighted by Gasteiger charge is -2.26. The average molecular weight is 355 g/mol. The van der Waals surface area contributed by atoms with Crippen LogP contribution in [0.15, 0.2) is 48.5 Å². The summed E-state index contributed by atoms with van der Waals surface area (Å²) < 4.78 is 16.2. The van der Waals surface area contributed by atoms with Gasteiger partial charge in [0, 0.05) is 6.42 Å². The van der Waals surface area contributed by atoms with Gasteiger partial charge in [-0.25, -0.2) is 0 Å². The first-order valence-corrected chi connectivity index (χ1v) is 8.45. The summed E-state index contributed by atoms with van der Waals surface area (Å²) in [5.41, 5.74) is 1.41. The van der Waals surface area contributed by atoms with Crippen LogP contribution >= 0.6 is 0 Å². The number of methoxy groups -OCH3 is 1. The number of amides is 1. The van der Waals surface area contributed by atoms with Gasteiger partial charge in [0.2, 0.25) is 0 Å². The van der Waals surface area contributed by atoms with Crippen molar-refractivity contribution in [1.29, 1.82) is 0 Å². The number of hydrogen-bond donors (Lipinski definition) is 1. The predicted molar refractivity (Wildman–Crippen MR) is 95.3 cm³/mol. The van der Waals surface area contributed by atoms with Gasteiger partial charge in [-0.2, -0.15) is 0 Å². The Kier molecular flexibility index (Phi) is 5.41. The minimum absolute atomic E-state index is 0.141. The molecule has 2 unspecified atom stereocenters. The summed E-state index contributed by atoms with van der Waals surface area (Å²) in [5.74, 6) is 0.540. The lowest BCUT2D eigenvalue weighted by atomic mass is 10.0. The van der Waals surface area contributed by atoms with Crippen molar-refractivity contribution in [1.82, 2.24) is 5.32 Å². The second kappa shape index (κ2) is 7.91. The molecule has 1 aliphatic heterocycles. The van der Waals surface area contributed by atoms with Gasteiger partial charge in [-0.15, -0.1) is 0 Å². The van der Waals surface area contributed by atoms with Crippen LogP contribution in [0.2, 0.25) is 0 Å². The molecule has 0 fully saturated rings. The van der Waals surface area contributed by atoms with Crippen molar-refractivity contribution < 1.29 is 23.8 Å². The second-order valence-electron chi connectivity index (χ2n) is 6.03. The van der Waals surface area contributed by atoms with Gasteiger partial charge in [0.25, 0.3) is 5.91 Å². The Morgan fingerprint density at radius 2 is 1.92 bits per heavy atom. The molecular weight excluding hydrogens is 334 g/mol. The fourth-order valence-electron chi connectivity index (χ4n) is 2.74. The molecule has 0 saturated carbocycles. The van der Waals surface area contributed by atoms with E-state index >= 15 is 0 Å². The third kappa shape index (κ3) is 3.96. The highest BCUT2D eigenvalue weighted by molar-refractivity contribution is 5.97. The quantitative estimate of drug-likeness (QED) is 0.807. The minimum atomic E-state index is -0.420. The maximum absolute atomic E-state index is 12.0. The number of hydrogen-bond acceptors (Lipinski definition) is 5. The molecular formula is C20H21NO5. The standard InChI is InChI=1S/C20H21NO5/c1-13(20(23)24-2)14-7-9-15(10-8-14)25-12-11-18-21-19(22)16-5-3-4-6-17(16)26-18/h3-10,13,18H,11-12H2,1-2H3,(H,21,22). The third-order valence-electron chi connectivity index (χ3n) is 4.28. The van der Waals surface area contributed by atoms with Crippen molar-refractivity contribution in [3.8, 4) is 11.5 Å². The molecule has 6 nitrogen and oxygen atoms in total. The SMILES string of the molecule is COC(=O)C(C)c1ccc(OCCC2NC(=O)c3ccccc3O2)cc1. The summed E-state index contributed by atoms with van der Waals surface area (Å²) in [7, 11) is 1.38. The van der Waals surface area contributed by atoms with Crippen LogP contribution in [0.3, 0.4) is 0 Å². The zero-order valence-corrected chi connectivity index (χ0v) is 14.7. The van der Waals surface area contributed by atoms with Gasteiger partial charge >= 0.3 is 5.97 Å². The van der Waals surface area contributed by atoms with E-state index in [2.05, 4.69) is 5.32 Å². The van der Waals surface area contributed by atoms with Crippen LogP contribution in [0.5, 0.6) is 11.5 Å². The molecule has 26 heavy (non-hydrogen) atoms. The van der Waals surface area contributed by atoms with Gasteiger partial charge in [0.1, 0.15) is 11.5 Å². The van der Waals surface area contributed by atoms with Crippen molar-refractivity contribution in [2.24, 2.45) is 0 Å². The highest BCUT2D eigenvalue weighted by Gasteiger charge is 2.24. The second-order valence-corrected chi connectivity index (χ2v) is 6.03. The van der Waals surface area contributed by atoms with Crippen LogP contribution in [0, 0.1) is 0 Å². The van der Waals surface area contributed by atoms with E-state index in [0.29, 0.717) is 30.1 Å². The van der Waals surface area contributed by atoms with Gasteiger partial charge < -0.3 is 19.5 Å². The van der Waals surface area contributed by atoms with Gasteiger partial charge in [0.15, 0.2) is 6.23 Å². The summed E-state index contributed by atoms with van der Waals surface area (Å²) in [4.78, 5) is 23.6. The molecule has 0 aliphatic carbocycles. The molecule has 0 spiro atoms. The van der Waals surface area contributed by atoms with E-state index in [4.69, 9.17) is 14.2 Å². The number of nitrogens with one attached hydrogen (secondary N) is 1. The van der Waals surface area contributed by atoms with E-state index in [1.807, 2.05) is 30.3 Å². The number of rotatable bonds is 6. The summed E-state index contributed by atoms with van der Waals surface area (Å²) in [6.07, 6.45) is 0.0939. The highest BCUT2D eigenvalue weighted by atomic mass is 16.5. The fourth-order valence-corrected chi connectivity index (χ4v) is 2.74. The first-order chi connectivity index (χ1) is 12.6. The van der Waals surface area contributed by atoms with E-state index in [0.717, 1.165) is 5.56 Å². The molecule has 1 aliphatic rings. The van der Waals surface area contributed by atoms with Crippen molar-refractivity contribution in [3.63, 3.8) is 0 Å². The number of para-hydroxylation sites is 1. The molecule has 2 aromatic carbocycles. The number of benzene rings is 2. The first-order valence-electron chi connectivity index (χ1n) is 8.45. The van der Waals surface area contributed by atoms with Gasteiger partial charge in [0.05, 0.1) is 25.2 Å². The molecule has 3 rings (SSSR count). The summed E-state index contributed by atoms with van der Waals surface area (Å²) in [6.45, 7) is 2.18. The Hall–Kier alpha value is -3.02. The van der Waals surface area contributed by atoms with Crippen LogP contribution in [0.25, 0.3) is 0 Å². The maximum Gasteiger partial charge on any atom is 0.312 e. The normalized spacial score (nSPS) is 16.7. The van der Waals surface area contributed by atoms with E-state index in [9.17, 15) is 9.59 Å². The van der Waals surface area contributed by atoms with E-state index in [1.165, 1.54) is 7.11 Å². The predicted octanol–water partition coefficient (Wildman–Crippen LogP) is 2.88. The van der Waals surface area contributed by atoms with E-state index in [-0.39, 0.29) is 17.8 Å². The van der Waals surface area contributed by atoms with Gasteiger partial charge in [-0.05, 0) is 36.8 Å². The first kappa shape index (κ1) is 17.8. The minimum Gasteiger partial charge on any atom is -0.493 e. The molecule has 0 radical (unpaired) electrons. The Bertz CT molecular complexity index is 787. The number of carbonyl (C=O) groups excluding carboxylic acids is 2. The molecule has 2 atom stereocenters. The Morgan fingerprint density at radius 3 is 2.65 bits per heavy atom. The number of ether oxygens (including phenoxy) is 3. The van der Waals surface area contributed by atoms with Crippen molar-refractivity contribution >= 4 is 11.9 Å². The number of esters is 1. The zero-order chi connectivity index (χ0) is 18.5. The molecule has 0 aromatic heterocycles. The molecule has 1 N–H and O–H groups in total. The van der Waals surface area contributed by atoms with Crippen LogP contribution in [0.1, 0.15) is 35.2 Å². The summed E-state index contributed by atoms with van der Waals surface area (Å²) in [5, 5.41) is 2.81. The highest BCUT2D eigenvalue weighted by Crippen LogP contribution is 2.24. The molecule has 0 bridgehead atoms. The molecule has 0 saturated heterocycles. The van der Waals surface area contributed by atoms with Crippen molar-refractivity contribution in [2.75, 3.05) is 13.7 Å². The van der Waals surface area contributed by atoms with Crippen LogP contribution in [0.4, 0.5) is 0 Å². The van der Waals surface area contributed by atoms with Crippen molar-refractivity contribution in [3.05, 3.63) is 59.7 Å². The molecule has 1 heterocycles. The lowest BCUT2D eigenvalue weighted by molar-refractivity contribution is -0.142. The summed E-state index contributed by atoms with van der Waals surface area (Å²) in [6, 6.07) is 14.4. The lowest BCUT2D eigenvalue weighted by Crippen LogP contribution is -2.44. The molecule has 1 amide bonds. The van der Waals surface area contributed by atoms with Crippen molar-refractivity contribution in [2.45, 2.75) is 25.5 Å². The Balaban J connectivity index is 1.51. The van der Waals surface area contributed by atoms with Crippen LogP contribution < -0.4 is 14.8 Å². The van der Waals surface area contributed by atoms with Gasteiger partial charge in [-0.1, -0.05) is 24.3 Å². The number of carbonyl (C=O) groups is 2. The largest absolute Gasteiger partial charge is 0.493 e. The zero-order valence-electron chi connectivity index (χ0n) is 14.7. The fraction of sp³-hybridized carbons (Fsp3) is 0.300. The summed E-state index contributed by atoms with van der Waals surface area (Å²) >= 11 is 0. The van der Waals surface area contributed by atoms with E-state index in [1.54, 1.807) is 25.1 Å². The molecule has 2 aromatic rings. The van der Waals surface area contributed by atoms with Gasteiger partial charge in [-0.3, -0.25) is 9.59 Å². The topological polar surface area (TPSA) is 73.9 Å². The number of fused-ring (bicyclic) bond motifs is 1. The van der Waals surface area contributed by atoms with E-state index < -0.39 is 6.23 Å². The van der Waals surface area contributed by atoms with Crippen LogP contribution in [-0.2, 0) is 9.53 Å². The smallest absolute Gasteiger partial charge is 0.312 e.